The standard InChI is InChI=1S/C6H5Cl2F3N2O/c1-14-2-13-4(8)3(7)12-5(13)6(9,10)11/h2H2,1H3. The van der Waals surface area contributed by atoms with Gasteiger partial charge in [-0.3, -0.25) is 4.57 Å². The van der Waals surface area contributed by atoms with Crippen LogP contribution in [0.4, 0.5) is 13.2 Å². The number of alkyl halides is 3. The summed E-state index contributed by atoms with van der Waals surface area (Å²) < 4.78 is 42.1. The molecule has 0 N–H and O–H groups in total. The number of halogens is 5. The summed E-state index contributed by atoms with van der Waals surface area (Å²) in [5.41, 5.74) is 0. The number of methoxy groups -OCH3 is 1. The first-order valence-electron chi connectivity index (χ1n) is 3.35. The van der Waals surface area contributed by atoms with Gasteiger partial charge < -0.3 is 4.74 Å². The Kier molecular flexibility index (Phi) is 3.28. The van der Waals surface area contributed by atoms with Gasteiger partial charge in [-0.25, -0.2) is 4.98 Å². The molecule has 0 fully saturated rings. The van der Waals surface area contributed by atoms with Crippen LogP contribution in [0.5, 0.6) is 0 Å². The summed E-state index contributed by atoms with van der Waals surface area (Å²) in [6, 6.07) is 0. The molecule has 3 nitrogen and oxygen atoms in total. The lowest BCUT2D eigenvalue weighted by Crippen LogP contribution is -2.15. The van der Waals surface area contributed by atoms with Gasteiger partial charge >= 0.3 is 6.18 Å². The fraction of sp³-hybridized carbons (Fsp3) is 0.500. The number of aromatic nitrogens is 2. The smallest absolute Gasteiger partial charge is 0.364 e. The molecular formula is C6H5Cl2F3N2O. The third-order valence-electron chi connectivity index (χ3n) is 1.38. The van der Waals surface area contributed by atoms with Crippen LogP contribution in [0.25, 0.3) is 0 Å². The fourth-order valence-corrected chi connectivity index (χ4v) is 1.22. The Labute approximate surface area is 87.4 Å². The Balaban J connectivity index is 3.22. The molecule has 1 heterocycles. The van der Waals surface area contributed by atoms with Crippen LogP contribution in [0.15, 0.2) is 0 Å². The van der Waals surface area contributed by atoms with E-state index in [1.807, 2.05) is 0 Å². The van der Waals surface area contributed by atoms with Gasteiger partial charge in [0.2, 0.25) is 5.82 Å². The normalized spacial score (nSPS) is 12.1. The maximum Gasteiger partial charge on any atom is 0.449 e. The second-order valence-electron chi connectivity index (χ2n) is 2.36. The maximum absolute atomic E-state index is 12.3. The van der Waals surface area contributed by atoms with Crippen molar-refractivity contribution < 1.29 is 17.9 Å². The number of nitrogens with zero attached hydrogens (tertiary/aromatic N) is 2. The van der Waals surface area contributed by atoms with E-state index in [2.05, 4.69) is 9.72 Å². The van der Waals surface area contributed by atoms with Gasteiger partial charge in [-0.2, -0.15) is 13.2 Å². The van der Waals surface area contributed by atoms with Crippen LogP contribution in [-0.4, -0.2) is 16.7 Å². The molecule has 1 aromatic heterocycles. The SMILES string of the molecule is COCn1c(C(F)(F)F)nc(Cl)c1Cl. The summed E-state index contributed by atoms with van der Waals surface area (Å²) in [6.07, 6.45) is -4.60. The highest BCUT2D eigenvalue weighted by Gasteiger charge is 2.38. The van der Waals surface area contributed by atoms with E-state index < -0.39 is 17.2 Å². The Hall–Kier alpha value is -0.460. The van der Waals surface area contributed by atoms with Crippen LogP contribution in [-0.2, 0) is 17.6 Å². The van der Waals surface area contributed by atoms with Crippen molar-refractivity contribution in [2.24, 2.45) is 0 Å². The van der Waals surface area contributed by atoms with E-state index in [0.717, 1.165) is 0 Å². The van der Waals surface area contributed by atoms with Gasteiger partial charge in [0.15, 0.2) is 5.15 Å². The van der Waals surface area contributed by atoms with E-state index in [-0.39, 0.29) is 11.9 Å². The third kappa shape index (κ3) is 2.13. The first-order valence-corrected chi connectivity index (χ1v) is 4.11. The largest absolute Gasteiger partial charge is 0.449 e. The third-order valence-corrected chi connectivity index (χ3v) is 2.12. The van der Waals surface area contributed by atoms with Crippen molar-refractivity contribution in [3.05, 3.63) is 16.1 Å². The maximum atomic E-state index is 12.3. The second kappa shape index (κ2) is 3.96. The minimum atomic E-state index is -4.60. The average molecular weight is 249 g/mol. The summed E-state index contributed by atoms with van der Waals surface area (Å²) in [6.45, 7) is -0.354. The van der Waals surface area contributed by atoms with Crippen molar-refractivity contribution in [2.75, 3.05) is 7.11 Å². The molecule has 0 atom stereocenters. The topological polar surface area (TPSA) is 27.1 Å². The van der Waals surface area contributed by atoms with E-state index in [4.69, 9.17) is 23.2 Å². The van der Waals surface area contributed by atoms with Gasteiger partial charge in [0.05, 0.1) is 0 Å². The Bertz CT molecular complexity index is 337. The molecule has 0 unspecified atom stereocenters. The molecule has 80 valence electrons. The number of rotatable bonds is 2. The Morgan fingerprint density at radius 2 is 2.00 bits per heavy atom. The first kappa shape index (κ1) is 11.6. The van der Waals surface area contributed by atoms with Gasteiger partial charge in [-0.15, -0.1) is 0 Å². The highest BCUT2D eigenvalue weighted by molar-refractivity contribution is 6.40. The van der Waals surface area contributed by atoms with Crippen molar-refractivity contribution in [3.63, 3.8) is 0 Å². The van der Waals surface area contributed by atoms with Crippen LogP contribution >= 0.6 is 23.2 Å². The van der Waals surface area contributed by atoms with Crippen molar-refractivity contribution in [2.45, 2.75) is 12.9 Å². The molecule has 0 amide bonds. The predicted octanol–water partition coefficient (Wildman–Crippen LogP) is 2.81. The van der Waals surface area contributed by atoms with E-state index in [0.29, 0.717) is 4.57 Å². The molecule has 0 aliphatic heterocycles. The molecule has 0 saturated heterocycles. The summed E-state index contributed by atoms with van der Waals surface area (Å²) in [4.78, 5) is 3.09. The van der Waals surface area contributed by atoms with Crippen LogP contribution in [0.3, 0.4) is 0 Å². The minimum absolute atomic E-state index is 0.291. The van der Waals surface area contributed by atoms with Gasteiger partial charge in [0.25, 0.3) is 0 Å². The lowest BCUT2D eigenvalue weighted by Gasteiger charge is -2.09. The van der Waals surface area contributed by atoms with Crippen molar-refractivity contribution in [3.8, 4) is 0 Å². The molecule has 0 aromatic carbocycles. The zero-order valence-electron chi connectivity index (χ0n) is 6.90. The fourth-order valence-electron chi connectivity index (χ4n) is 0.867. The van der Waals surface area contributed by atoms with Gasteiger partial charge in [-0.1, -0.05) is 23.2 Å². The molecule has 0 radical (unpaired) electrons. The van der Waals surface area contributed by atoms with Crippen LogP contribution in [0.2, 0.25) is 10.3 Å². The van der Waals surface area contributed by atoms with Crippen LogP contribution in [0.1, 0.15) is 5.82 Å². The highest BCUT2D eigenvalue weighted by Crippen LogP contribution is 2.33. The van der Waals surface area contributed by atoms with E-state index in [9.17, 15) is 13.2 Å². The molecule has 0 aliphatic rings. The Morgan fingerprint density at radius 1 is 1.43 bits per heavy atom. The van der Waals surface area contributed by atoms with Crippen molar-refractivity contribution >= 4 is 23.2 Å². The lowest BCUT2D eigenvalue weighted by molar-refractivity contribution is -0.149. The number of imidazole rings is 1. The van der Waals surface area contributed by atoms with Crippen LogP contribution in [0, 0.1) is 0 Å². The van der Waals surface area contributed by atoms with E-state index >= 15 is 0 Å². The predicted molar refractivity (Wildman–Crippen MR) is 44.3 cm³/mol. The molecule has 0 bridgehead atoms. The molecule has 0 saturated carbocycles. The molecule has 0 spiro atoms. The van der Waals surface area contributed by atoms with Crippen molar-refractivity contribution in [1.82, 2.24) is 9.55 Å². The summed E-state index contributed by atoms with van der Waals surface area (Å²) in [5.74, 6) is -1.17. The molecule has 1 rings (SSSR count). The molecule has 8 heteroatoms. The monoisotopic (exact) mass is 248 g/mol. The van der Waals surface area contributed by atoms with Gasteiger partial charge in [-0.05, 0) is 0 Å². The van der Waals surface area contributed by atoms with Crippen LogP contribution < -0.4 is 0 Å². The lowest BCUT2D eigenvalue weighted by atomic mass is 10.6. The highest BCUT2D eigenvalue weighted by atomic mass is 35.5. The molecule has 0 aliphatic carbocycles. The minimum Gasteiger partial charge on any atom is -0.364 e. The number of ether oxygens (including phenoxy) is 1. The second-order valence-corrected chi connectivity index (χ2v) is 3.08. The van der Waals surface area contributed by atoms with E-state index in [1.165, 1.54) is 7.11 Å². The quantitative estimate of drug-likeness (QED) is 0.805. The molecule has 1 aromatic rings. The molecule has 14 heavy (non-hydrogen) atoms. The van der Waals surface area contributed by atoms with E-state index in [1.54, 1.807) is 0 Å². The van der Waals surface area contributed by atoms with Gasteiger partial charge in [0, 0.05) is 7.11 Å². The number of hydrogen-bond donors (Lipinski definition) is 0. The number of hydrogen-bond acceptors (Lipinski definition) is 2. The summed E-state index contributed by atoms with van der Waals surface area (Å²) >= 11 is 10.8. The van der Waals surface area contributed by atoms with Crippen molar-refractivity contribution in [1.29, 1.82) is 0 Å². The first-order chi connectivity index (χ1) is 6.38. The zero-order chi connectivity index (χ0) is 10.9. The summed E-state index contributed by atoms with van der Waals surface area (Å²) in [5, 5.41) is -0.683. The Morgan fingerprint density at radius 3 is 2.43 bits per heavy atom. The van der Waals surface area contributed by atoms with Gasteiger partial charge in [0.1, 0.15) is 11.9 Å². The average Bonchev–Trinajstić information content (AvgIpc) is 2.32. The zero-order valence-corrected chi connectivity index (χ0v) is 8.41. The molecular weight excluding hydrogens is 244 g/mol. The summed E-state index contributed by atoms with van der Waals surface area (Å²) in [7, 11) is 1.24.